The van der Waals surface area contributed by atoms with Crippen LogP contribution in [0.1, 0.15) is 24.5 Å². The number of hydrogen-bond acceptors (Lipinski definition) is 3. The molecule has 3 nitrogen and oxygen atoms in total. The molecule has 0 spiro atoms. The van der Waals surface area contributed by atoms with Crippen LogP contribution < -0.4 is 5.32 Å². The fourth-order valence-electron chi connectivity index (χ4n) is 2.15. The molecule has 0 bridgehead atoms. The molecule has 96 valence electrons. The highest BCUT2D eigenvalue weighted by Gasteiger charge is 2.09. The van der Waals surface area contributed by atoms with E-state index < -0.39 is 0 Å². The molecule has 1 N–H and O–H groups in total. The van der Waals surface area contributed by atoms with Crippen molar-refractivity contribution in [3.8, 4) is 0 Å². The maximum Gasteiger partial charge on any atom is 0.0935 e. The van der Waals surface area contributed by atoms with Crippen LogP contribution in [0.5, 0.6) is 0 Å². The van der Waals surface area contributed by atoms with Crippen molar-refractivity contribution in [1.29, 1.82) is 0 Å². The first-order valence-electron chi connectivity index (χ1n) is 6.52. The summed E-state index contributed by atoms with van der Waals surface area (Å²) in [5.41, 5.74) is 2.56. The van der Waals surface area contributed by atoms with Gasteiger partial charge in [0, 0.05) is 18.4 Å². The minimum absolute atomic E-state index is 0.493. The fourth-order valence-corrected chi connectivity index (χ4v) is 2.15. The molecule has 18 heavy (non-hydrogen) atoms. The van der Waals surface area contributed by atoms with E-state index in [9.17, 15) is 0 Å². The van der Waals surface area contributed by atoms with Gasteiger partial charge >= 0.3 is 0 Å². The number of hydrogen-bond donors (Lipinski definition) is 1. The van der Waals surface area contributed by atoms with Crippen LogP contribution in [0.2, 0.25) is 0 Å². The summed E-state index contributed by atoms with van der Waals surface area (Å²) < 4.78 is 5.12. The molecule has 0 saturated carbocycles. The first-order chi connectivity index (χ1) is 8.88. The second-order valence-corrected chi connectivity index (χ2v) is 4.49. The smallest absolute Gasteiger partial charge is 0.0935 e. The van der Waals surface area contributed by atoms with E-state index in [1.54, 1.807) is 6.26 Å². The molecule has 1 atom stereocenters. The van der Waals surface area contributed by atoms with Crippen LogP contribution in [0.25, 0.3) is 0 Å². The third-order valence-electron chi connectivity index (χ3n) is 3.06. The van der Waals surface area contributed by atoms with Crippen LogP contribution in [0.4, 0.5) is 0 Å². The lowest BCUT2D eigenvalue weighted by Crippen LogP contribution is -2.31. The number of nitrogens with one attached hydrogen (secondary N) is 1. The Morgan fingerprint density at radius 3 is 2.94 bits per heavy atom. The van der Waals surface area contributed by atoms with E-state index in [1.165, 1.54) is 11.1 Å². The summed E-state index contributed by atoms with van der Waals surface area (Å²) in [4.78, 5) is 4.15. The molecule has 0 aliphatic carbocycles. The van der Waals surface area contributed by atoms with Crippen molar-refractivity contribution in [3.05, 3.63) is 54.2 Å². The number of rotatable bonds is 7. The van der Waals surface area contributed by atoms with Crippen molar-refractivity contribution >= 4 is 0 Å². The van der Waals surface area contributed by atoms with Crippen molar-refractivity contribution < 1.29 is 4.42 Å². The molecule has 0 saturated heterocycles. The van der Waals surface area contributed by atoms with Gasteiger partial charge in [0.15, 0.2) is 0 Å². The van der Waals surface area contributed by atoms with Crippen LogP contribution in [-0.4, -0.2) is 17.6 Å². The van der Waals surface area contributed by atoms with Crippen molar-refractivity contribution in [2.24, 2.45) is 0 Å². The van der Waals surface area contributed by atoms with E-state index in [-0.39, 0.29) is 0 Å². The Bertz CT molecular complexity index is 425. The Morgan fingerprint density at radius 1 is 1.33 bits per heavy atom. The number of likely N-dealkylation sites (N-methyl/N-ethyl adjacent to an activating group) is 1. The first kappa shape index (κ1) is 12.8. The van der Waals surface area contributed by atoms with E-state index in [1.807, 2.05) is 30.8 Å². The molecule has 0 aromatic carbocycles. The number of pyridine rings is 1. The molecule has 2 aromatic rings. The molecule has 0 fully saturated rings. The van der Waals surface area contributed by atoms with Gasteiger partial charge < -0.3 is 9.73 Å². The third-order valence-corrected chi connectivity index (χ3v) is 3.06. The van der Waals surface area contributed by atoms with E-state index in [0.29, 0.717) is 6.04 Å². The van der Waals surface area contributed by atoms with Gasteiger partial charge in [0.1, 0.15) is 0 Å². The number of aryl methyl sites for hydroxylation is 1. The number of aromatic nitrogens is 1. The second-order valence-electron chi connectivity index (χ2n) is 4.49. The zero-order valence-electron chi connectivity index (χ0n) is 10.8. The predicted molar refractivity (Wildman–Crippen MR) is 72.4 cm³/mol. The molecular formula is C15H20N2O. The monoisotopic (exact) mass is 244 g/mol. The lowest BCUT2D eigenvalue weighted by atomic mass is 10.0. The standard InChI is InChI=1S/C15H20N2O/c1-2-17-15(10-14-7-9-18-12-14)6-5-13-4-3-8-16-11-13/h3-4,7-9,11-12,15,17H,2,5-6,10H2,1H3. The van der Waals surface area contributed by atoms with Crippen molar-refractivity contribution in [2.45, 2.75) is 32.2 Å². The summed E-state index contributed by atoms with van der Waals surface area (Å²) in [7, 11) is 0. The molecule has 2 rings (SSSR count). The van der Waals surface area contributed by atoms with E-state index >= 15 is 0 Å². The lowest BCUT2D eigenvalue weighted by molar-refractivity contribution is 0.486. The molecule has 2 heterocycles. The Hall–Kier alpha value is -1.61. The van der Waals surface area contributed by atoms with Crippen LogP contribution in [0.3, 0.4) is 0 Å². The summed E-state index contributed by atoms with van der Waals surface area (Å²) in [6.07, 6.45) is 10.5. The highest BCUT2D eigenvalue weighted by molar-refractivity contribution is 5.10. The first-order valence-corrected chi connectivity index (χ1v) is 6.52. The third kappa shape index (κ3) is 4.00. The van der Waals surface area contributed by atoms with Gasteiger partial charge in [-0.15, -0.1) is 0 Å². The van der Waals surface area contributed by atoms with Gasteiger partial charge in [0.05, 0.1) is 12.5 Å². The predicted octanol–water partition coefficient (Wildman–Crippen LogP) is 2.83. The molecule has 1 unspecified atom stereocenters. The SMILES string of the molecule is CCNC(CCc1cccnc1)Cc1ccoc1. The van der Waals surface area contributed by atoms with Crippen molar-refractivity contribution in [1.82, 2.24) is 10.3 Å². The quantitative estimate of drug-likeness (QED) is 0.814. The average Bonchev–Trinajstić information content (AvgIpc) is 2.90. The normalized spacial score (nSPS) is 12.5. The van der Waals surface area contributed by atoms with Gasteiger partial charge in [-0.05, 0) is 49.1 Å². The van der Waals surface area contributed by atoms with Gasteiger partial charge in [-0.2, -0.15) is 0 Å². The average molecular weight is 244 g/mol. The van der Waals surface area contributed by atoms with Gasteiger partial charge in [0.25, 0.3) is 0 Å². The van der Waals surface area contributed by atoms with Crippen molar-refractivity contribution in [3.63, 3.8) is 0 Å². The molecule has 3 heteroatoms. The lowest BCUT2D eigenvalue weighted by Gasteiger charge is -2.16. The highest BCUT2D eigenvalue weighted by atomic mass is 16.3. The summed E-state index contributed by atoms with van der Waals surface area (Å²) >= 11 is 0. The maximum atomic E-state index is 5.12. The summed E-state index contributed by atoms with van der Waals surface area (Å²) in [6, 6.07) is 6.66. The second kappa shape index (κ2) is 6.97. The summed E-state index contributed by atoms with van der Waals surface area (Å²) in [6.45, 7) is 3.14. The number of furan rings is 1. The Labute approximate surface area is 108 Å². The van der Waals surface area contributed by atoms with Crippen LogP contribution in [0.15, 0.2) is 47.5 Å². The van der Waals surface area contributed by atoms with E-state index in [0.717, 1.165) is 25.8 Å². The zero-order chi connectivity index (χ0) is 12.6. The molecule has 0 aliphatic rings. The fraction of sp³-hybridized carbons (Fsp3) is 0.400. The highest BCUT2D eigenvalue weighted by Crippen LogP contribution is 2.10. The van der Waals surface area contributed by atoms with Crippen molar-refractivity contribution in [2.75, 3.05) is 6.54 Å². The molecule has 0 radical (unpaired) electrons. The molecule has 2 aromatic heterocycles. The summed E-state index contributed by atoms with van der Waals surface area (Å²) in [5, 5.41) is 3.53. The van der Waals surface area contributed by atoms with E-state index in [4.69, 9.17) is 4.42 Å². The Morgan fingerprint density at radius 2 is 2.28 bits per heavy atom. The summed E-state index contributed by atoms with van der Waals surface area (Å²) in [5.74, 6) is 0. The van der Waals surface area contributed by atoms with Gasteiger partial charge in [-0.25, -0.2) is 0 Å². The minimum atomic E-state index is 0.493. The Balaban J connectivity index is 1.86. The minimum Gasteiger partial charge on any atom is -0.472 e. The van der Waals surface area contributed by atoms with Crippen LogP contribution in [-0.2, 0) is 12.8 Å². The topological polar surface area (TPSA) is 38.1 Å². The van der Waals surface area contributed by atoms with Gasteiger partial charge in [0.2, 0.25) is 0 Å². The largest absolute Gasteiger partial charge is 0.472 e. The molecular weight excluding hydrogens is 224 g/mol. The van der Waals surface area contributed by atoms with E-state index in [2.05, 4.69) is 23.3 Å². The maximum absolute atomic E-state index is 5.12. The molecule has 0 amide bonds. The van der Waals surface area contributed by atoms with Crippen LogP contribution in [0, 0.1) is 0 Å². The molecule has 0 aliphatic heterocycles. The zero-order valence-corrected chi connectivity index (χ0v) is 10.8. The van der Waals surface area contributed by atoms with Gasteiger partial charge in [-0.3, -0.25) is 4.98 Å². The Kier molecular flexibility index (Phi) is 4.97. The van der Waals surface area contributed by atoms with Gasteiger partial charge in [-0.1, -0.05) is 13.0 Å². The number of nitrogens with zero attached hydrogens (tertiary/aromatic N) is 1. The van der Waals surface area contributed by atoms with Crippen LogP contribution >= 0.6 is 0 Å².